The number of hydrogen-bond acceptors (Lipinski definition) is 24. The lowest BCUT2D eigenvalue weighted by Gasteiger charge is -2.29. The van der Waals surface area contributed by atoms with Crippen LogP contribution in [-0.2, 0) is 96.0 Å². The molecule has 2 heterocycles. The highest BCUT2D eigenvalue weighted by molar-refractivity contribution is 6.01. The fourth-order valence-corrected chi connectivity index (χ4v) is 14.7. The Morgan fingerprint density at radius 3 is 1.19 bits per heavy atom. The number of fused-ring (bicyclic) bond motifs is 1. The van der Waals surface area contributed by atoms with E-state index in [1.807, 2.05) is 52.0 Å². The van der Waals surface area contributed by atoms with Gasteiger partial charge in [0.25, 0.3) is 0 Å². The molecule has 0 aliphatic heterocycles. The van der Waals surface area contributed by atoms with E-state index in [2.05, 4.69) is 94.7 Å². The molecule has 16 amide bonds. The molecule has 0 bridgehead atoms. The van der Waals surface area contributed by atoms with Crippen LogP contribution in [0.3, 0.4) is 0 Å². The summed E-state index contributed by atoms with van der Waals surface area (Å²) in [6, 6.07) is -2.99. The minimum atomic E-state index is -1.81. The van der Waals surface area contributed by atoms with Crippen molar-refractivity contribution >= 4 is 111 Å². The molecule has 0 saturated heterocycles. The van der Waals surface area contributed by atoms with Crippen molar-refractivity contribution in [3.63, 3.8) is 0 Å². The topological polar surface area (TPSA) is 756 Å². The maximum absolute atomic E-state index is 15.1. The van der Waals surface area contributed by atoms with E-state index < -0.39 is 210 Å². The molecule has 0 unspecified atom stereocenters. The lowest BCUT2D eigenvalue weighted by atomic mass is 9.99. The monoisotopic (exact) mass is 1880 g/mol. The number of carbonyl (C=O) groups is 16. The Morgan fingerprint density at radius 1 is 0.373 bits per heavy atom. The number of carbonyl (C=O) groups excluding carboxylic acids is 16. The highest BCUT2D eigenvalue weighted by Gasteiger charge is 2.40. The maximum atomic E-state index is 15.1. The van der Waals surface area contributed by atoms with Gasteiger partial charge < -0.3 is 141 Å². The van der Waals surface area contributed by atoms with E-state index in [-0.39, 0.29) is 134 Å². The molecule has 4 aromatic rings. The van der Waals surface area contributed by atoms with Gasteiger partial charge in [-0.2, -0.15) is 0 Å². The van der Waals surface area contributed by atoms with Gasteiger partial charge in [-0.25, -0.2) is 4.98 Å². The molecule has 0 aliphatic rings. The highest BCUT2D eigenvalue weighted by Crippen LogP contribution is 2.22. The third kappa shape index (κ3) is 42.3. The number of aromatic amines is 2. The smallest absolute Gasteiger partial charge is 0.243 e. The molecule has 44 nitrogen and oxygen atoms in total. The van der Waals surface area contributed by atoms with E-state index in [4.69, 9.17) is 57.0 Å². The van der Waals surface area contributed by atoms with Crippen LogP contribution < -0.4 is 131 Å². The van der Waals surface area contributed by atoms with Crippen molar-refractivity contribution in [1.29, 1.82) is 5.41 Å². The summed E-state index contributed by atoms with van der Waals surface area (Å²) in [6.07, 6.45) is 7.63. The lowest BCUT2D eigenvalue weighted by Crippen LogP contribution is -2.61. The quantitative estimate of drug-likeness (QED) is 0.0115. The number of nitrogens with two attached hydrogens (primary N) is 9. The number of amides is 16. The van der Waals surface area contributed by atoms with Crippen LogP contribution in [-0.4, -0.2) is 246 Å². The van der Waals surface area contributed by atoms with Crippen LogP contribution in [0.2, 0.25) is 0 Å². The molecule has 0 aliphatic carbocycles. The highest BCUT2D eigenvalue weighted by atomic mass is 16.2. The molecule has 0 saturated carbocycles. The van der Waals surface area contributed by atoms with Crippen molar-refractivity contribution in [2.24, 2.45) is 75.3 Å². The number of H-pyrrole nitrogens is 2. The van der Waals surface area contributed by atoms with Crippen molar-refractivity contribution < 1.29 is 76.7 Å². The van der Waals surface area contributed by atoms with Crippen molar-refractivity contribution in [2.75, 3.05) is 45.8 Å². The zero-order chi connectivity index (χ0) is 99.5. The number of unbranched alkanes of at least 4 members (excludes halogenated alkanes) is 5. The molecule has 2 aromatic heterocycles. The summed E-state index contributed by atoms with van der Waals surface area (Å²) in [5.74, 6) is -15.8. The van der Waals surface area contributed by atoms with E-state index in [0.29, 0.717) is 75.5 Å². The molecule has 36 N–H and O–H groups in total. The van der Waals surface area contributed by atoms with Crippen LogP contribution in [0.1, 0.15) is 201 Å². The van der Waals surface area contributed by atoms with Gasteiger partial charge in [0.1, 0.15) is 78.5 Å². The number of benzene rings is 2. The van der Waals surface area contributed by atoms with Gasteiger partial charge in [0, 0.05) is 49.1 Å². The summed E-state index contributed by atoms with van der Waals surface area (Å²) in [4.78, 5) is 238. The fraction of sp³-hybridized carbons (Fsp3) is 0.622. The SMILES string of the molecule is CC(C)C[C@H](NC(=O)[C@@H](NC(=O)[C@H](CCCCN)NC(=O)[C@H](CCCNC(=N)N)NC(=O)[C@@H](NC(=O)[C@H](CC(N)=O)NC(=O)CNC(=O)[C@H](Cc1c[nH]cn1)NC(=O)[C@H](CCCCN)NC(=O)[C@H](CCCCN)NC(=O)[C@H](Cc1ccccc1)NC(=O)[C@H](CC(C)C)NC(=O)[C@H](CCCCN)NC(=O)[C@H](Cc1c[nH]c2ccccc12)NC(=O)[C@@H](N)CCCCN)C(C)C)C(C)C)C(N)=O. The Morgan fingerprint density at radius 2 is 0.754 bits per heavy atom. The summed E-state index contributed by atoms with van der Waals surface area (Å²) in [5.41, 5.74) is 54.7. The minimum Gasteiger partial charge on any atom is -0.370 e. The second-order valence-corrected chi connectivity index (χ2v) is 35.3. The molecule has 746 valence electrons. The normalized spacial score (nSPS) is 14.5. The number of guanidine groups is 1. The number of imidazole rings is 1. The van der Waals surface area contributed by atoms with Gasteiger partial charge in [-0.05, 0) is 189 Å². The average Bonchev–Trinajstić information content (AvgIpc) is 1.66. The number of nitrogens with zero attached hydrogens (tertiary/aromatic N) is 1. The Kier molecular flexibility index (Phi) is 52.4. The van der Waals surface area contributed by atoms with Gasteiger partial charge in [0.2, 0.25) is 94.5 Å². The van der Waals surface area contributed by atoms with Crippen LogP contribution in [0.4, 0.5) is 0 Å². The molecule has 0 radical (unpaired) electrons. The largest absolute Gasteiger partial charge is 0.370 e. The number of rotatable bonds is 67. The summed E-state index contributed by atoms with van der Waals surface area (Å²) in [7, 11) is 0. The standard InChI is InChI=1S/C90H150N28O16/c1-51(2)41-66(76(98)121)112-89(134)75(54(7)8)117-83(128)64(33-18-23-39-95)108-80(125)65(34-24-40-102-90(99)100)111-88(133)74(53(5)6)118-87(132)71(46-72(97)119)106-73(120)49-104-78(123)70(45-57-48-101-50-105-57)116-82(127)62(31-16-21-37-93)107-79(124)61(30-15-20-36-92)109-85(130)68(43-55-25-10-9-11-26-55)115-84(129)67(42-52(3)4)114-81(126)63(32-17-22-38-94)110-86(131)69(113-77(122)59(96)28-14-19-35-91)44-56-47-103-60-29-13-12-27-58(56)60/h9-13,25-27,29,47-48,50-54,59,61-71,74-75,103H,14-24,28,30-46,49,91-96H2,1-8H3,(H2,97,119)(H2,98,121)(H,101,105)(H,104,123)(H,106,120)(H,107,124)(H,108,125)(H,109,130)(H,110,131)(H,111,133)(H,112,134)(H,113,122)(H,114,126)(H,115,129)(H,116,127)(H,117,128)(H,118,132)(H4,99,100,102)/t59-,61-,62-,63-,64-,65-,66-,67-,68-,69-,70-,71-,74-,75-/m0/s1. The predicted molar refractivity (Wildman–Crippen MR) is 506 cm³/mol. The Balaban J connectivity index is 1.61. The first kappa shape index (κ1) is 114. The summed E-state index contributed by atoms with van der Waals surface area (Å²) in [5, 5.41) is 48.6. The molecule has 134 heavy (non-hydrogen) atoms. The molecule has 0 fully saturated rings. The van der Waals surface area contributed by atoms with Crippen molar-refractivity contribution in [3.8, 4) is 0 Å². The van der Waals surface area contributed by atoms with Crippen LogP contribution >= 0.6 is 0 Å². The third-order valence-electron chi connectivity index (χ3n) is 22.2. The number of para-hydroxylation sites is 1. The zero-order valence-corrected chi connectivity index (χ0v) is 78.7. The van der Waals surface area contributed by atoms with Gasteiger partial charge in [-0.3, -0.25) is 82.1 Å². The zero-order valence-electron chi connectivity index (χ0n) is 78.7. The number of primary amides is 2. The van der Waals surface area contributed by atoms with Gasteiger partial charge in [0.05, 0.1) is 31.0 Å². The molecular formula is C90H150N28O16. The van der Waals surface area contributed by atoms with Gasteiger partial charge >= 0.3 is 0 Å². The van der Waals surface area contributed by atoms with Crippen molar-refractivity contribution in [3.05, 3.63) is 90.1 Å². The Labute approximate surface area is 783 Å². The van der Waals surface area contributed by atoms with Crippen LogP contribution in [0.25, 0.3) is 10.9 Å². The van der Waals surface area contributed by atoms with Crippen LogP contribution in [0, 0.1) is 29.1 Å². The molecule has 0 spiro atoms. The summed E-state index contributed by atoms with van der Waals surface area (Å²) >= 11 is 0. The fourth-order valence-electron chi connectivity index (χ4n) is 14.7. The third-order valence-corrected chi connectivity index (χ3v) is 22.2. The predicted octanol–water partition coefficient (Wildman–Crippen LogP) is -3.66. The first-order valence-electron chi connectivity index (χ1n) is 46.4. The van der Waals surface area contributed by atoms with Crippen molar-refractivity contribution in [1.82, 2.24) is 94.7 Å². The van der Waals surface area contributed by atoms with Gasteiger partial charge in [-0.1, -0.05) is 110 Å². The van der Waals surface area contributed by atoms with Crippen LogP contribution in [0.5, 0.6) is 0 Å². The molecule has 2 aromatic carbocycles. The van der Waals surface area contributed by atoms with Crippen molar-refractivity contribution in [2.45, 2.75) is 288 Å². The minimum absolute atomic E-state index is 0.00161. The second-order valence-electron chi connectivity index (χ2n) is 35.3. The number of nitrogens with one attached hydrogen (secondary N) is 18. The average molecular weight is 1880 g/mol. The van der Waals surface area contributed by atoms with Crippen LogP contribution in [0.15, 0.2) is 73.3 Å². The lowest BCUT2D eigenvalue weighted by molar-refractivity contribution is -0.136. The van der Waals surface area contributed by atoms with E-state index in [1.165, 1.54) is 26.4 Å². The first-order valence-corrected chi connectivity index (χ1v) is 46.4. The van der Waals surface area contributed by atoms with E-state index in [9.17, 15) is 71.9 Å². The van der Waals surface area contributed by atoms with E-state index in [0.717, 1.165) is 10.9 Å². The summed E-state index contributed by atoms with van der Waals surface area (Å²) in [6.45, 7) is 14.1. The van der Waals surface area contributed by atoms with Gasteiger partial charge in [0.15, 0.2) is 5.96 Å². The maximum Gasteiger partial charge on any atom is 0.243 e. The molecular weight excluding hydrogens is 1730 g/mol. The Hall–Kier alpha value is -12.3. The second kappa shape index (κ2) is 61.5. The number of aromatic nitrogens is 3. The Bertz CT molecular complexity index is 4400. The van der Waals surface area contributed by atoms with Gasteiger partial charge in [-0.15, -0.1) is 0 Å². The molecule has 44 heteroatoms. The van der Waals surface area contributed by atoms with E-state index >= 15 is 4.79 Å². The number of hydrogen-bond donors (Lipinski definition) is 27. The molecule has 4 rings (SSSR count). The van der Waals surface area contributed by atoms with E-state index in [1.54, 1.807) is 50.4 Å². The summed E-state index contributed by atoms with van der Waals surface area (Å²) < 4.78 is 0. The first-order chi connectivity index (χ1) is 63.7. The molecule has 14 atom stereocenters.